The minimum Gasteiger partial charge on any atom is -0.302 e. The summed E-state index contributed by atoms with van der Waals surface area (Å²) in [7, 11) is 0. The zero-order valence-corrected chi connectivity index (χ0v) is 21.7. The maximum atomic E-state index is 13.0. The summed E-state index contributed by atoms with van der Waals surface area (Å²) in [5.74, 6) is 0.558. The molecule has 4 aromatic rings. The van der Waals surface area contributed by atoms with Crippen molar-refractivity contribution in [2.24, 2.45) is 0 Å². The molecule has 0 bridgehead atoms. The molecule has 2 aromatic heterocycles. The van der Waals surface area contributed by atoms with Crippen LogP contribution in [0.5, 0.6) is 0 Å². The molecule has 0 saturated heterocycles. The molecular weight excluding hydrogens is 543 g/mol. The lowest BCUT2D eigenvalue weighted by molar-refractivity contribution is -0.137. The van der Waals surface area contributed by atoms with E-state index >= 15 is 0 Å². The minimum atomic E-state index is -4.46. The number of nitrogens with zero attached hydrogens (tertiary/aromatic N) is 4. The van der Waals surface area contributed by atoms with Gasteiger partial charge in [-0.2, -0.15) is 13.2 Å². The summed E-state index contributed by atoms with van der Waals surface area (Å²) in [5, 5.41) is 12.4. The second-order valence-electron chi connectivity index (χ2n) is 7.91. The van der Waals surface area contributed by atoms with Crippen molar-refractivity contribution in [2.45, 2.75) is 30.7 Å². The van der Waals surface area contributed by atoms with E-state index in [4.69, 9.17) is 11.6 Å². The number of carbonyl (C=O) groups is 1. The highest BCUT2D eigenvalue weighted by molar-refractivity contribution is 7.99. The van der Waals surface area contributed by atoms with Gasteiger partial charge in [-0.05, 0) is 29.3 Å². The average molecular weight is 564 g/mol. The van der Waals surface area contributed by atoms with Gasteiger partial charge in [0.05, 0.1) is 11.3 Å². The largest absolute Gasteiger partial charge is 0.416 e. The maximum Gasteiger partial charge on any atom is 0.416 e. The number of hydrogen-bond donors (Lipinski definition) is 1. The standard InChI is InChI=1S/C25H21ClF3N5OS2/c1-2-10-34-21(11-16-6-4-3-5-7-16)32-33-24(34)36-15-22(35)31-23-30-14-19(37-23)13-17-12-18(25(27,28)29)8-9-20(17)26/h2-9,12,14H,1,10-11,13,15H2,(H,30,31,35). The number of anilines is 1. The maximum absolute atomic E-state index is 13.0. The van der Waals surface area contributed by atoms with Crippen molar-refractivity contribution in [1.82, 2.24) is 19.7 Å². The first-order valence-corrected chi connectivity index (χ1v) is 13.2. The third-order valence-electron chi connectivity index (χ3n) is 5.18. The number of allylic oxidation sites excluding steroid dienone is 1. The Hall–Kier alpha value is -3.15. The fourth-order valence-electron chi connectivity index (χ4n) is 3.45. The Bertz CT molecular complexity index is 1390. The summed E-state index contributed by atoms with van der Waals surface area (Å²) >= 11 is 8.52. The van der Waals surface area contributed by atoms with Crippen LogP contribution in [0.3, 0.4) is 0 Å². The zero-order chi connectivity index (χ0) is 26.4. The Kier molecular flexibility index (Phi) is 8.67. The monoisotopic (exact) mass is 563 g/mol. The van der Waals surface area contributed by atoms with Crippen LogP contribution in [0.4, 0.5) is 18.3 Å². The number of rotatable bonds is 10. The predicted octanol–water partition coefficient (Wildman–Crippen LogP) is 6.51. The molecule has 0 saturated carbocycles. The number of aromatic nitrogens is 4. The number of benzene rings is 2. The van der Waals surface area contributed by atoms with Crippen LogP contribution in [-0.2, 0) is 30.4 Å². The lowest BCUT2D eigenvalue weighted by Gasteiger charge is -2.09. The Morgan fingerprint density at radius 1 is 1.16 bits per heavy atom. The van der Waals surface area contributed by atoms with Crippen molar-refractivity contribution >= 4 is 45.7 Å². The third kappa shape index (κ3) is 7.21. The Morgan fingerprint density at radius 3 is 2.68 bits per heavy atom. The number of carbonyl (C=O) groups excluding carboxylic acids is 1. The molecule has 0 fully saturated rings. The third-order valence-corrected chi connectivity index (χ3v) is 7.43. The first kappa shape index (κ1) is 26.9. The summed E-state index contributed by atoms with van der Waals surface area (Å²) in [6.07, 6.45) is -0.426. The molecule has 192 valence electrons. The van der Waals surface area contributed by atoms with Gasteiger partial charge in [0.15, 0.2) is 10.3 Å². The fraction of sp³-hybridized carbons (Fsp3) is 0.200. The average Bonchev–Trinajstić information content (AvgIpc) is 3.46. The molecule has 0 spiro atoms. The van der Waals surface area contributed by atoms with Gasteiger partial charge >= 0.3 is 6.18 Å². The number of thioether (sulfide) groups is 1. The number of alkyl halides is 3. The number of hydrogen-bond acceptors (Lipinski definition) is 6. The predicted molar refractivity (Wildman–Crippen MR) is 140 cm³/mol. The molecule has 12 heteroatoms. The quantitative estimate of drug-likeness (QED) is 0.176. The molecule has 37 heavy (non-hydrogen) atoms. The Balaban J connectivity index is 1.36. The molecule has 2 aromatic carbocycles. The van der Waals surface area contributed by atoms with Gasteiger partial charge in [-0.3, -0.25) is 4.79 Å². The van der Waals surface area contributed by atoms with Gasteiger partial charge in [0.25, 0.3) is 0 Å². The highest BCUT2D eigenvalue weighted by atomic mass is 35.5. The first-order chi connectivity index (χ1) is 17.7. The molecule has 0 aliphatic rings. The zero-order valence-electron chi connectivity index (χ0n) is 19.3. The summed E-state index contributed by atoms with van der Waals surface area (Å²) < 4.78 is 41.0. The second kappa shape index (κ2) is 11.9. The van der Waals surface area contributed by atoms with Crippen LogP contribution in [0.15, 0.2) is 72.5 Å². The molecule has 1 amide bonds. The van der Waals surface area contributed by atoms with Crippen LogP contribution in [0.1, 0.15) is 27.4 Å². The van der Waals surface area contributed by atoms with E-state index in [0.717, 1.165) is 23.5 Å². The van der Waals surface area contributed by atoms with Gasteiger partial charge in [-0.1, -0.05) is 59.8 Å². The first-order valence-electron chi connectivity index (χ1n) is 11.0. The highest BCUT2D eigenvalue weighted by Crippen LogP contribution is 2.33. The molecule has 0 aliphatic carbocycles. The van der Waals surface area contributed by atoms with Crippen molar-refractivity contribution < 1.29 is 18.0 Å². The Labute approximate surface area is 224 Å². The summed E-state index contributed by atoms with van der Waals surface area (Å²) in [4.78, 5) is 17.4. The van der Waals surface area contributed by atoms with E-state index in [-0.39, 0.29) is 23.1 Å². The minimum absolute atomic E-state index is 0.0784. The molecule has 4 rings (SSSR count). The van der Waals surface area contributed by atoms with Crippen LogP contribution in [-0.4, -0.2) is 31.4 Å². The molecule has 2 heterocycles. The number of nitrogens with one attached hydrogen (secondary N) is 1. The second-order valence-corrected chi connectivity index (χ2v) is 10.4. The highest BCUT2D eigenvalue weighted by Gasteiger charge is 2.31. The van der Waals surface area contributed by atoms with Gasteiger partial charge in [-0.25, -0.2) is 4.98 Å². The summed E-state index contributed by atoms with van der Waals surface area (Å²) in [6.45, 7) is 4.30. The summed E-state index contributed by atoms with van der Waals surface area (Å²) in [6, 6.07) is 13.1. The van der Waals surface area contributed by atoms with Crippen molar-refractivity contribution in [1.29, 1.82) is 0 Å². The van der Waals surface area contributed by atoms with Crippen molar-refractivity contribution in [3.63, 3.8) is 0 Å². The molecule has 0 aliphatic heterocycles. The lowest BCUT2D eigenvalue weighted by Crippen LogP contribution is -2.14. The molecule has 0 unspecified atom stereocenters. The van der Waals surface area contributed by atoms with Gasteiger partial charge in [0, 0.05) is 35.5 Å². The van der Waals surface area contributed by atoms with Crippen LogP contribution in [0.25, 0.3) is 0 Å². The van der Waals surface area contributed by atoms with E-state index < -0.39 is 11.7 Å². The van der Waals surface area contributed by atoms with Gasteiger partial charge < -0.3 is 9.88 Å². The topological polar surface area (TPSA) is 72.7 Å². The van der Waals surface area contributed by atoms with E-state index in [0.29, 0.717) is 33.7 Å². The normalized spacial score (nSPS) is 11.5. The molecule has 0 atom stereocenters. The number of thiazole rings is 1. The van der Waals surface area contributed by atoms with E-state index in [1.807, 2.05) is 34.9 Å². The van der Waals surface area contributed by atoms with Crippen LogP contribution < -0.4 is 5.32 Å². The van der Waals surface area contributed by atoms with E-state index in [1.54, 1.807) is 6.08 Å². The number of halogens is 4. The van der Waals surface area contributed by atoms with E-state index in [9.17, 15) is 18.0 Å². The molecule has 6 nitrogen and oxygen atoms in total. The van der Waals surface area contributed by atoms with E-state index in [2.05, 4.69) is 27.1 Å². The van der Waals surface area contributed by atoms with Crippen LogP contribution in [0.2, 0.25) is 5.02 Å². The molecule has 0 radical (unpaired) electrons. The van der Waals surface area contributed by atoms with Crippen LogP contribution in [0, 0.1) is 0 Å². The Morgan fingerprint density at radius 2 is 1.95 bits per heavy atom. The smallest absolute Gasteiger partial charge is 0.302 e. The van der Waals surface area contributed by atoms with Crippen molar-refractivity contribution in [3.8, 4) is 0 Å². The van der Waals surface area contributed by atoms with Crippen molar-refractivity contribution in [3.05, 3.63) is 99.8 Å². The SMILES string of the molecule is C=CCn1c(Cc2ccccc2)nnc1SCC(=O)Nc1ncc(Cc2cc(C(F)(F)F)ccc2Cl)s1. The van der Waals surface area contributed by atoms with E-state index in [1.165, 1.54) is 35.4 Å². The van der Waals surface area contributed by atoms with Crippen LogP contribution >= 0.6 is 34.7 Å². The van der Waals surface area contributed by atoms with Gasteiger partial charge in [-0.15, -0.1) is 28.1 Å². The summed E-state index contributed by atoms with van der Waals surface area (Å²) in [5.41, 5.74) is 0.667. The van der Waals surface area contributed by atoms with Gasteiger partial charge in [0.1, 0.15) is 5.82 Å². The van der Waals surface area contributed by atoms with Gasteiger partial charge in [0.2, 0.25) is 5.91 Å². The molecular formula is C25H21ClF3N5OS2. The molecule has 1 N–H and O–H groups in total. The van der Waals surface area contributed by atoms with Crippen molar-refractivity contribution in [2.75, 3.05) is 11.1 Å². The lowest BCUT2D eigenvalue weighted by atomic mass is 10.1. The number of amides is 1. The fourth-order valence-corrected chi connectivity index (χ4v) is 5.26.